The number of hydrogen-bond acceptors (Lipinski definition) is 2. The standard InChI is InChI=1S/C21H19ClF6NO/c22-19(18(13-30)9-11-29-12-10-18,14-1-5-16(6-2-14)20(23,24)25)15-3-7-17(8-4-15)21(26,27)28/h1-8,29H,9-13H2/q-1. The van der Waals surface area contributed by atoms with Gasteiger partial charge in [-0.25, -0.2) is 0 Å². The van der Waals surface area contributed by atoms with Crippen molar-refractivity contribution in [3.63, 3.8) is 0 Å². The van der Waals surface area contributed by atoms with Crippen molar-refractivity contribution in [3.05, 3.63) is 70.8 Å². The van der Waals surface area contributed by atoms with Gasteiger partial charge in [0.2, 0.25) is 0 Å². The summed E-state index contributed by atoms with van der Waals surface area (Å²) < 4.78 is 78.0. The van der Waals surface area contributed by atoms with Gasteiger partial charge in [-0.15, -0.1) is 18.2 Å². The van der Waals surface area contributed by atoms with Crippen molar-refractivity contribution in [1.29, 1.82) is 0 Å². The van der Waals surface area contributed by atoms with Gasteiger partial charge < -0.3 is 10.4 Å². The Kier molecular flexibility index (Phi) is 6.15. The molecule has 2 nitrogen and oxygen atoms in total. The van der Waals surface area contributed by atoms with E-state index in [4.69, 9.17) is 11.6 Å². The molecule has 0 radical (unpaired) electrons. The molecule has 164 valence electrons. The van der Waals surface area contributed by atoms with E-state index in [1.54, 1.807) is 0 Å². The molecule has 0 bridgehead atoms. The maximum atomic E-state index is 13.0. The van der Waals surface area contributed by atoms with E-state index >= 15 is 0 Å². The summed E-state index contributed by atoms with van der Waals surface area (Å²) in [7, 11) is 0. The van der Waals surface area contributed by atoms with Gasteiger partial charge in [-0.3, -0.25) is 0 Å². The average Bonchev–Trinajstić information content (AvgIpc) is 2.72. The van der Waals surface area contributed by atoms with Gasteiger partial charge in [0.05, 0.1) is 16.0 Å². The molecule has 2 aromatic rings. The van der Waals surface area contributed by atoms with Crippen LogP contribution in [0.2, 0.25) is 0 Å². The number of rotatable bonds is 4. The molecule has 1 fully saturated rings. The molecular formula is C21H19ClF6NO-. The highest BCUT2D eigenvalue weighted by Gasteiger charge is 2.50. The van der Waals surface area contributed by atoms with Crippen LogP contribution in [0.1, 0.15) is 35.1 Å². The molecule has 0 amide bonds. The van der Waals surface area contributed by atoms with Crippen LogP contribution in [0.4, 0.5) is 26.3 Å². The Morgan fingerprint density at radius 1 is 0.733 bits per heavy atom. The first kappa shape index (κ1) is 22.9. The van der Waals surface area contributed by atoms with Crippen LogP contribution in [0.15, 0.2) is 48.5 Å². The van der Waals surface area contributed by atoms with Crippen LogP contribution in [0.5, 0.6) is 0 Å². The number of hydrogen-bond donors (Lipinski definition) is 1. The lowest BCUT2D eigenvalue weighted by Gasteiger charge is -2.52. The minimum Gasteiger partial charge on any atom is -0.854 e. The predicted octanol–water partition coefficient (Wildman–Crippen LogP) is 4.94. The van der Waals surface area contributed by atoms with Gasteiger partial charge >= 0.3 is 12.4 Å². The van der Waals surface area contributed by atoms with Gasteiger partial charge in [0.25, 0.3) is 0 Å². The zero-order chi connectivity index (χ0) is 22.2. The lowest BCUT2D eigenvalue weighted by atomic mass is 9.63. The molecule has 0 unspecified atom stereocenters. The van der Waals surface area contributed by atoms with Crippen LogP contribution in [-0.4, -0.2) is 19.7 Å². The first-order valence-electron chi connectivity index (χ1n) is 9.27. The van der Waals surface area contributed by atoms with Crippen LogP contribution in [0.3, 0.4) is 0 Å². The summed E-state index contributed by atoms with van der Waals surface area (Å²) in [5, 5.41) is 15.5. The Bertz CT molecular complexity index is 798. The molecule has 1 aliphatic heterocycles. The molecule has 0 aliphatic carbocycles. The number of nitrogens with one attached hydrogen (secondary N) is 1. The predicted molar refractivity (Wildman–Crippen MR) is 98.9 cm³/mol. The Morgan fingerprint density at radius 3 is 1.37 bits per heavy atom. The van der Waals surface area contributed by atoms with E-state index in [1.807, 2.05) is 0 Å². The quantitative estimate of drug-likeness (QED) is 0.529. The smallest absolute Gasteiger partial charge is 0.416 e. The molecule has 1 N–H and O–H groups in total. The van der Waals surface area contributed by atoms with Crippen molar-refractivity contribution in [2.75, 3.05) is 19.7 Å². The minimum absolute atomic E-state index is 0.245. The lowest BCUT2D eigenvalue weighted by molar-refractivity contribution is -0.397. The summed E-state index contributed by atoms with van der Waals surface area (Å²) >= 11 is 7.07. The number of halogens is 7. The molecule has 0 saturated carbocycles. The lowest BCUT2D eigenvalue weighted by Crippen LogP contribution is -2.54. The van der Waals surface area contributed by atoms with Crippen molar-refractivity contribution >= 4 is 11.6 Å². The fourth-order valence-corrected chi connectivity index (χ4v) is 4.55. The van der Waals surface area contributed by atoms with Crippen LogP contribution in [0, 0.1) is 5.41 Å². The highest BCUT2D eigenvalue weighted by atomic mass is 35.5. The molecular weight excluding hydrogens is 432 g/mol. The van der Waals surface area contributed by atoms with E-state index in [1.165, 1.54) is 24.3 Å². The molecule has 3 rings (SSSR count). The first-order chi connectivity index (χ1) is 13.9. The van der Waals surface area contributed by atoms with Gasteiger partial charge in [-0.1, -0.05) is 24.3 Å². The largest absolute Gasteiger partial charge is 0.854 e. The highest BCUT2D eigenvalue weighted by Crippen LogP contribution is 2.55. The Labute approximate surface area is 174 Å². The second kappa shape index (κ2) is 8.05. The molecule has 30 heavy (non-hydrogen) atoms. The third-order valence-corrected chi connectivity index (χ3v) is 6.63. The second-order valence-corrected chi connectivity index (χ2v) is 8.05. The maximum Gasteiger partial charge on any atom is 0.416 e. The summed E-state index contributed by atoms with van der Waals surface area (Å²) in [4.78, 5) is -1.58. The zero-order valence-electron chi connectivity index (χ0n) is 15.7. The first-order valence-corrected chi connectivity index (χ1v) is 9.65. The SMILES string of the molecule is [O-]CC1(C(Cl)(c2ccc(C(F)(F)F)cc2)c2ccc(C(F)(F)F)cc2)CCNCC1. The van der Waals surface area contributed by atoms with E-state index in [0.717, 1.165) is 24.3 Å². The molecule has 2 aromatic carbocycles. The number of piperidine rings is 1. The minimum atomic E-state index is -4.55. The van der Waals surface area contributed by atoms with Crippen LogP contribution < -0.4 is 10.4 Å². The van der Waals surface area contributed by atoms with Crippen molar-refractivity contribution in [3.8, 4) is 0 Å². The molecule has 0 aromatic heterocycles. The molecule has 1 aliphatic rings. The summed E-state index contributed by atoms with van der Waals surface area (Å²) in [5.74, 6) is 0. The molecule has 0 spiro atoms. The summed E-state index contributed by atoms with van der Waals surface area (Å²) in [6, 6.07) is 8.29. The monoisotopic (exact) mass is 450 g/mol. The maximum absolute atomic E-state index is 13.0. The van der Waals surface area contributed by atoms with Crippen LogP contribution >= 0.6 is 11.6 Å². The molecule has 1 saturated heterocycles. The van der Waals surface area contributed by atoms with Gasteiger partial charge in [0, 0.05) is 0 Å². The fourth-order valence-electron chi connectivity index (χ4n) is 4.05. The zero-order valence-corrected chi connectivity index (χ0v) is 16.5. The van der Waals surface area contributed by atoms with Gasteiger partial charge in [-0.05, 0) is 66.7 Å². The Morgan fingerprint density at radius 2 is 1.07 bits per heavy atom. The Hall–Kier alpha value is -1.77. The second-order valence-electron chi connectivity index (χ2n) is 7.48. The van der Waals surface area contributed by atoms with Crippen LogP contribution in [0.25, 0.3) is 0 Å². The van der Waals surface area contributed by atoms with Gasteiger partial charge in [0.15, 0.2) is 0 Å². The molecule has 0 atom stereocenters. The third-order valence-electron chi connectivity index (χ3n) is 5.79. The van der Waals surface area contributed by atoms with Crippen LogP contribution in [-0.2, 0) is 17.2 Å². The highest BCUT2D eigenvalue weighted by molar-refractivity contribution is 6.26. The third kappa shape index (κ3) is 4.05. The normalized spacial score (nSPS) is 17.7. The van der Waals surface area contributed by atoms with E-state index in [2.05, 4.69) is 5.32 Å². The number of alkyl halides is 7. The van der Waals surface area contributed by atoms with Gasteiger partial charge in [-0.2, -0.15) is 26.3 Å². The van der Waals surface area contributed by atoms with E-state index in [0.29, 0.717) is 25.9 Å². The topological polar surface area (TPSA) is 35.1 Å². The van der Waals surface area contributed by atoms with Crippen molar-refractivity contribution in [2.24, 2.45) is 5.41 Å². The van der Waals surface area contributed by atoms with Crippen molar-refractivity contribution < 1.29 is 31.4 Å². The van der Waals surface area contributed by atoms with E-state index in [-0.39, 0.29) is 11.1 Å². The van der Waals surface area contributed by atoms with E-state index < -0.39 is 40.4 Å². The molecule has 1 heterocycles. The Balaban J connectivity index is 2.16. The van der Waals surface area contributed by atoms with Crippen molar-refractivity contribution in [2.45, 2.75) is 30.1 Å². The number of benzene rings is 2. The summed E-state index contributed by atoms with van der Waals surface area (Å²) in [6.45, 7) is 0.316. The molecule has 9 heteroatoms. The average molecular weight is 451 g/mol. The van der Waals surface area contributed by atoms with E-state index in [9.17, 15) is 31.4 Å². The fraction of sp³-hybridized carbons (Fsp3) is 0.429. The summed E-state index contributed by atoms with van der Waals surface area (Å²) in [6.07, 6.45) is -8.43. The van der Waals surface area contributed by atoms with Crippen molar-refractivity contribution in [1.82, 2.24) is 5.32 Å². The summed E-state index contributed by atoms with van der Waals surface area (Å²) in [5.41, 5.74) is -2.35. The van der Waals surface area contributed by atoms with Gasteiger partial charge in [0.1, 0.15) is 0 Å².